The van der Waals surface area contributed by atoms with Gasteiger partial charge in [-0.25, -0.2) is 4.98 Å². The molecule has 0 spiro atoms. The van der Waals surface area contributed by atoms with Crippen molar-refractivity contribution in [3.05, 3.63) is 23.8 Å². The SMILES string of the molecule is Cn1c(NC(=O)CC(C)(C)O)nc2cc(C#N)ccc21. The molecule has 6 nitrogen and oxygen atoms in total. The molecule has 0 aliphatic carbocycles. The molecule has 6 heteroatoms. The summed E-state index contributed by atoms with van der Waals surface area (Å²) in [5, 5.41) is 21.1. The lowest BCUT2D eigenvalue weighted by Gasteiger charge is -2.15. The molecule has 1 aromatic heterocycles. The van der Waals surface area contributed by atoms with Crippen LogP contribution in [0.15, 0.2) is 18.2 Å². The number of carbonyl (C=O) groups is 1. The summed E-state index contributed by atoms with van der Waals surface area (Å²) >= 11 is 0. The average molecular weight is 272 g/mol. The number of nitrogens with zero attached hydrogens (tertiary/aromatic N) is 3. The van der Waals surface area contributed by atoms with Crippen LogP contribution < -0.4 is 5.32 Å². The van der Waals surface area contributed by atoms with E-state index in [0.717, 1.165) is 5.52 Å². The molecule has 0 fully saturated rings. The van der Waals surface area contributed by atoms with Crippen LogP contribution in [0.3, 0.4) is 0 Å². The molecule has 2 N–H and O–H groups in total. The second-order valence-corrected chi connectivity index (χ2v) is 5.35. The number of nitriles is 1. The molecule has 0 saturated heterocycles. The summed E-state index contributed by atoms with van der Waals surface area (Å²) < 4.78 is 1.73. The normalized spacial score (nSPS) is 11.3. The predicted molar refractivity (Wildman–Crippen MR) is 75.0 cm³/mol. The van der Waals surface area contributed by atoms with Crippen molar-refractivity contribution < 1.29 is 9.90 Å². The molecule has 0 bridgehead atoms. The van der Waals surface area contributed by atoms with Gasteiger partial charge >= 0.3 is 0 Å². The first kappa shape index (κ1) is 14.0. The summed E-state index contributed by atoms with van der Waals surface area (Å²) in [7, 11) is 1.78. The number of imidazole rings is 1. The number of carbonyl (C=O) groups excluding carboxylic acids is 1. The van der Waals surface area contributed by atoms with Crippen LogP contribution in [-0.4, -0.2) is 26.2 Å². The van der Waals surface area contributed by atoms with Crippen molar-refractivity contribution in [3.8, 4) is 6.07 Å². The number of anilines is 1. The zero-order valence-corrected chi connectivity index (χ0v) is 11.6. The Bertz CT molecular complexity index is 704. The van der Waals surface area contributed by atoms with Gasteiger partial charge in [-0.2, -0.15) is 5.26 Å². The summed E-state index contributed by atoms with van der Waals surface area (Å²) in [6.45, 7) is 3.14. The fourth-order valence-corrected chi connectivity index (χ4v) is 1.94. The number of rotatable bonds is 3. The first-order valence-corrected chi connectivity index (χ1v) is 6.19. The molecule has 1 amide bonds. The summed E-state index contributed by atoms with van der Waals surface area (Å²) in [4.78, 5) is 16.1. The summed E-state index contributed by atoms with van der Waals surface area (Å²) in [6, 6.07) is 7.20. The van der Waals surface area contributed by atoms with E-state index in [4.69, 9.17) is 5.26 Å². The highest BCUT2D eigenvalue weighted by Crippen LogP contribution is 2.20. The van der Waals surface area contributed by atoms with Crippen LogP contribution in [0.5, 0.6) is 0 Å². The number of benzene rings is 1. The maximum atomic E-state index is 11.8. The predicted octanol–water partition coefficient (Wildman–Crippen LogP) is 1.54. The molecule has 0 aliphatic rings. The summed E-state index contributed by atoms with van der Waals surface area (Å²) in [6.07, 6.45) is -0.0142. The number of hydrogen-bond acceptors (Lipinski definition) is 4. The Morgan fingerprint density at radius 2 is 2.25 bits per heavy atom. The Morgan fingerprint density at radius 1 is 1.55 bits per heavy atom. The molecule has 1 heterocycles. The number of aromatic nitrogens is 2. The van der Waals surface area contributed by atoms with E-state index in [1.807, 2.05) is 0 Å². The van der Waals surface area contributed by atoms with Gasteiger partial charge in [0.15, 0.2) is 0 Å². The van der Waals surface area contributed by atoms with E-state index in [1.165, 1.54) is 0 Å². The van der Waals surface area contributed by atoms with Gasteiger partial charge in [-0.05, 0) is 32.0 Å². The smallest absolute Gasteiger partial charge is 0.229 e. The fourth-order valence-electron chi connectivity index (χ4n) is 1.94. The Kier molecular flexibility index (Phi) is 3.47. The zero-order chi connectivity index (χ0) is 14.9. The maximum Gasteiger partial charge on any atom is 0.229 e. The molecule has 0 atom stereocenters. The molecular formula is C14H16N4O2. The van der Waals surface area contributed by atoms with Gasteiger partial charge in [0.1, 0.15) is 0 Å². The lowest BCUT2D eigenvalue weighted by atomic mass is 10.1. The Balaban J connectivity index is 2.29. The van der Waals surface area contributed by atoms with E-state index in [2.05, 4.69) is 16.4 Å². The van der Waals surface area contributed by atoms with Gasteiger partial charge in [0.25, 0.3) is 0 Å². The van der Waals surface area contributed by atoms with Crippen LogP contribution in [-0.2, 0) is 11.8 Å². The highest BCUT2D eigenvalue weighted by atomic mass is 16.3. The van der Waals surface area contributed by atoms with Crippen molar-refractivity contribution in [3.63, 3.8) is 0 Å². The van der Waals surface area contributed by atoms with Gasteiger partial charge < -0.3 is 9.67 Å². The number of aryl methyl sites for hydroxylation is 1. The van der Waals surface area contributed by atoms with Crippen LogP contribution in [0.2, 0.25) is 0 Å². The first-order chi connectivity index (χ1) is 9.30. The van der Waals surface area contributed by atoms with Crippen LogP contribution >= 0.6 is 0 Å². The molecule has 2 rings (SSSR count). The minimum absolute atomic E-state index is 0.0142. The standard InChI is InChI=1S/C14H16N4O2/c1-14(2,20)7-12(19)17-13-16-10-6-9(8-15)4-5-11(10)18(13)3/h4-6,20H,7H2,1-3H3,(H,16,17,19). The minimum Gasteiger partial charge on any atom is -0.390 e. The van der Waals surface area contributed by atoms with Crippen molar-refractivity contribution in [2.24, 2.45) is 7.05 Å². The molecule has 0 saturated carbocycles. The molecule has 104 valence electrons. The number of aliphatic hydroxyl groups is 1. The third-order valence-electron chi connectivity index (χ3n) is 2.85. The largest absolute Gasteiger partial charge is 0.390 e. The molecule has 1 aromatic carbocycles. The quantitative estimate of drug-likeness (QED) is 0.886. The van der Waals surface area contributed by atoms with Gasteiger partial charge in [0.05, 0.1) is 34.7 Å². The van der Waals surface area contributed by atoms with Crippen molar-refractivity contribution in [2.75, 3.05) is 5.32 Å². The van der Waals surface area contributed by atoms with E-state index < -0.39 is 5.60 Å². The Morgan fingerprint density at radius 3 is 2.85 bits per heavy atom. The lowest BCUT2D eigenvalue weighted by Crippen LogP contribution is -2.27. The van der Waals surface area contributed by atoms with Crippen LogP contribution in [0.1, 0.15) is 25.8 Å². The summed E-state index contributed by atoms with van der Waals surface area (Å²) in [5.74, 6) is 0.0840. The van der Waals surface area contributed by atoms with E-state index in [9.17, 15) is 9.90 Å². The summed E-state index contributed by atoms with van der Waals surface area (Å²) in [5.41, 5.74) is 0.917. The monoisotopic (exact) mass is 272 g/mol. The number of hydrogen-bond donors (Lipinski definition) is 2. The third kappa shape index (κ3) is 2.95. The maximum absolute atomic E-state index is 11.8. The second-order valence-electron chi connectivity index (χ2n) is 5.35. The van der Waals surface area contributed by atoms with Gasteiger partial charge in [0.2, 0.25) is 11.9 Å². The van der Waals surface area contributed by atoms with E-state index in [-0.39, 0.29) is 12.3 Å². The van der Waals surface area contributed by atoms with E-state index in [0.29, 0.717) is 17.0 Å². The number of fused-ring (bicyclic) bond motifs is 1. The van der Waals surface area contributed by atoms with Gasteiger partial charge in [-0.3, -0.25) is 10.1 Å². The van der Waals surface area contributed by atoms with Crippen LogP contribution in [0.25, 0.3) is 11.0 Å². The number of amides is 1. The zero-order valence-electron chi connectivity index (χ0n) is 11.6. The fraction of sp³-hybridized carbons (Fsp3) is 0.357. The van der Waals surface area contributed by atoms with Crippen molar-refractivity contribution in [1.82, 2.24) is 9.55 Å². The van der Waals surface area contributed by atoms with Gasteiger partial charge in [-0.15, -0.1) is 0 Å². The molecule has 2 aromatic rings. The van der Waals surface area contributed by atoms with E-state index >= 15 is 0 Å². The van der Waals surface area contributed by atoms with Crippen molar-refractivity contribution in [2.45, 2.75) is 25.9 Å². The molecule has 0 unspecified atom stereocenters. The number of nitrogens with one attached hydrogen (secondary N) is 1. The van der Waals surface area contributed by atoms with Gasteiger partial charge in [-0.1, -0.05) is 0 Å². The van der Waals surface area contributed by atoms with Gasteiger partial charge in [0, 0.05) is 7.05 Å². The van der Waals surface area contributed by atoms with E-state index in [1.54, 1.807) is 43.7 Å². The Labute approximate surface area is 116 Å². The van der Waals surface area contributed by atoms with Crippen LogP contribution in [0.4, 0.5) is 5.95 Å². The lowest BCUT2D eigenvalue weighted by molar-refractivity contribution is -0.119. The van der Waals surface area contributed by atoms with Crippen molar-refractivity contribution in [1.29, 1.82) is 5.26 Å². The topological polar surface area (TPSA) is 90.9 Å². The third-order valence-corrected chi connectivity index (χ3v) is 2.85. The van der Waals surface area contributed by atoms with Crippen molar-refractivity contribution >= 4 is 22.9 Å². The molecule has 20 heavy (non-hydrogen) atoms. The Hall–Kier alpha value is -2.39. The highest BCUT2D eigenvalue weighted by molar-refractivity contribution is 5.92. The van der Waals surface area contributed by atoms with Crippen LogP contribution in [0, 0.1) is 11.3 Å². The molecule has 0 radical (unpaired) electrons. The average Bonchev–Trinajstić information content (AvgIpc) is 2.63. The second kappa shape index (κ2) is 4.94. The minimum atomic E-state index is -1.07. The highest BCUT2D eigenvalue weighted by Gasteiger charge is 2.19. The first-order valence-electron chi connectivity index (χ1n) is 6.19. The molecular weight excluding hydrogens is 256 g/mol. The molecule has 0 aliphatic heterocycles.